The van der Waals surface area contributed by atoms with Gasteiger partial charge in [0.05, 0.1) is 5.92 Å². The van der Waals surface area contributed by atoms with Gasteiger partial charge in [-0.3, -0.25) is 14.4 Å². The zero-order valence-electron chi connectivity index (χ0n) is 15.8. The number of carbonyl (C=O) groups excluding carboxylic acids is 2. The number of carbonyl (C=O) groups is 3. The van der Waals surface area contributed by atoms with Crippen LogP contribution in [0.2, 0.25) is 0 Å². The lowest BCUT2D eigenvalue weighted by atomic mass is 9.89. The number of hydrogen-bond acceptors (Lipinski definition) is 3. The number of carboxylic acids is 1. The van der Waals surface area contributed by atoms with Gasteiger partial charge >= 0.3 is 5.97 Å². The summed E-state index contributed by atoms with van der Waals surface area (Å²) in [7, 11) is 0. The molecule has 142 valence electrons. The van der Waals surface area contributed by atoms with E-state index in [0.717, 1.165) is 5.56 Å². The van der Waals surface area contributed by atoms with Crippen LogP contribution in [0.3, 0.4) is 0 Å². The number of carboxylic acid groups (broad SMARTS) is 1. The summed E-state index contributed by atoms with van der Waals surface area (Å²) in [6.45, 7) is 5.68. The number of aromatic nitrogens is 1. The van der Waals surface area contributed by atoms with Crippen molar-refractivity contribution in [1.29, 1.82) is 0 Å². The molecule has 0 aliphatic carbocycles. The lowest BCUT2D eigenvalue weighted by Gasteiger charge is -2.17. The van der Waals surface area contributed by atoms with E-state index in [1.54, 1.807) is 11.8 Å². The van der Waals surface area contributed by atoms with Gasteiger partial charge in [-0.05, 0) is 31.4 Å². The second-order valence-electron chi connectivity index (χ2n) is 7.06. The number of aliphatic carboxylic acids is 1. The zero-order chi connectivity index (χ0) is 19.7. The molecule has 0 radical (unpaired) electrons. The van der Waals surface area contributed by atoms with Gasteiger partial charge in [0.1, 0.15) is 5.69 Å². The highest BCUT2D eigenvalue weighted by atomic mass is 16.4. The molecule has 1 aromatic carbocycles. The highest BCUT2D eigenvalue weighted by Crippen LogP contribution is 2.34. The Bertz CT molecular complexity index is 885. The number of hydrogen-bond donors (Lipinski definition) is 2. The van der Waals surface area contributed by atoms with Crippen LogP contribution in [-0.4, -0.2) is 45.7 Å². The van der Waals surface area contributed by atoms with Crippen LogP contribution in [0.1, 0.15) is 57.4 Å². The molecule has 2 heterocycles. The van der Waals surface area contributed by atoms with Crippen molar-refractivity contribution >= 4 is 17.7 Å². The quantitative estimate of drug-likeness (QED) is 0.794. The van der Waals surface area contributed by atoms with E-state index in [-0.39, 0.29) is 24.2 Å². The maximum absolute atomic E-state index is 13.2. The first-order valence-corrected chi connectivity index (χ1v) is 9.14. The SMILES string of the molecule is CCc1c(C(=O)N2CC(C(=O)O)C(c3ccccc3)C2)[nH]c(C)c1C(C)=O. The molecule has 1 aliphatic rings. The predicted molar refractivity (Wildman–Crippen MR) is 101 cm³/mol. The number of rotatable bonds is 5. The van der Waals surface area contributed by atoms with Gasteiger partial charge in [-0.25, -0.2) is 0 Å². The highest BCUT2D eigenvalue weighted by molar-refractivity contribution is 6.03. The first kappa shape index (κ1) is 18.9. The molecule has 0 saturated carbocycles. The minimum absolute atomic E-state index is 0.0772. The molecule has 2 N–H and O–H groups in total. The summed E-state index contributed by atoms with van der Waals surface area (Å²) in [4.78, 5) is 41.5. The number of likely N-dealkylation sites (tertiary alicyclic amines) is 1. The number of aromatic amines is 1. The molecule has 0 bridgehead atoms. The molecule has 6 heteroatoms. The Morgan fingerprint density at radius 2 is 1.85 bits per heavy atom. The molecule has 3 rings (SSSR count). The van der Waals surface area contributed by atoms with Crippen molar-refractivity contribution in [3.63, 3.8) is 0 Å². The maximum Gasteiger partial charge on any atom is 0.308 e. The van der Waals surface area contributed by atoms with Crippen LogP contribution in [0.5, 0.6) is 0 Å². The van der Waals surface area contributed by atoms with Crippen LogP contribution < -0.4 is 0 Å². The molecular formula is C21H24N2O4. The third-order valence-corrected chi connectivity index (χ3v) is 5.36. The van der Waals surface area contributed by atoms with Crippen LogP contribution in [0.4, 0.5) is 0 Å². The first-order valence-electron chi connectivity index (χ1n) is 9.14. The van der Waals surface area contributed by atoms with Crippen molar-refractivity contribution in [3.05, 3.63) is 58.4 Å². The lowest BCUT2D eigenvalue weighted by Crippen LogP contribution is -2.31. The minimum atomic E-state index is -0.901. The highest BCUT2D eigenvalue weighted by Gasteiger charge is 2.41. The Balaban J connectivity index is 1.94. The number of amides is 1. The third kappa shape index (κ3) is 3.39. The molecule has 1 aliphatic heterocycles. The predicted octanol–water partition coefficient (Wildman–Crippen LogP) is 3.03. The largest absolute Gasteiger partial charge is 0.481 e. The van der Waals surface area contributed by atoms with Crippen molar-refractivity contribution in [1.82, 2.24) is 9.88 Å². The van der Waals surface area contributed by atoms with Crippen LogP contribution in [-0.2, 0) is 11.2 Å². The van der Waals surface area contributed by atoms with Crippen molar-refractivity contribution in [3.8, 4) is 0 Å². The van der Waals surface area contributed by atoms with E-state index in [9.17, 15) is 19.5 Å². The number of benzene rings is 1. The number of nitrogens with one attached hydrogen (secondary N) is 1. The van der Waals surface area contributed by atoms with E-state index in [1.807, 2.05) is 37.3 Å². The van der Waals surface area contributed by atoms with Crippen molar-refractivity contribution in [2.45, 2.75) is 33.1 Å². The molecule has 2 unspecified atom stereocenters. The van der Waals surface area contributed by atoms with Crippen LogP contribution in [0.15, 0.2) is 30.3 Å². The summed E-state index contributed by atoms with van der Waals surface area (Å²) in [5.74, 6) is -2.12. The van der Waals surface area contributed by atoms with Crippen molar-refractivity contribution in [2.24, 2.45) is 5.92 Å². The van der Waals surface area contributed by atoms with Crippen molar-refractivity contribution in [2.75, 3.05) is 13.1 Å². The van der Waals surface area contributed by atoms with Crippen LogP contribution >= 0.6 is 0 Å². The monoisotopic (exact) mass is 368 g/mol. The molecule has 1 amide bonds. The van der Waals surface area contributed by atoms with Gasteiger partial charge in [-0.1, -0.05) is 37.3 Å². The molecular weight excluding hydrogens is 344 g/mol. The molecule has 0 spiro atoms. The Morgan fingerprint density at radius 1 is 1.19 bits per heavy atom. The minimum Gasteiger partial charge on any atom is -0.481 e. The Kier molecular flexibility index (Phi) is 5.17. The Hall–Kier alpha value is -2.89. The number of ketones is 1. The number of Topliss-reactive ketones (excluding diaryl/α,β-unsaturated/α-hetero) is 1. The van der Waals surface area contributed by atoms with E-state index in [2.05, 4.69) is 4.98 Å². The summed E-state index contributed by atoms with van der Waals surface area (Å²) >= 11 is 0. The number of nitrogens with zero attached hydrogens (tertiary/aromatic N) is 1. The fourth-order valence-electron chi connectivity index (χ4n) is 4.11. The maximum atomic E-state index is 13.2. The number of H-pyrrole nitrogens is 1. The van der Waals surface area contributed by atoms with E-state index in [1.165, 1.54) is 6.92 Å². The van der Waals surface area contributed by atoms with Crippen LogP contribution in [0, 0.1) is 12.8 Å². The molecule has 2 aromatic rings. The molecule has 2 atom stereocenters. The summed E-state index contributed by atoms with van der Waals surface area (Å²) in [6.07, 6.45) is 0.554. The van der Waals surface area contributed by atoms with Gasteiger partial charge in [0, 0.05) is 30.3 Å². The third-order valence-electron chi connectivity index (χ3n) is 5.36. The number of aryl methyl sites for hydroxylation is 1. The van der Waals surface area contributed by atoms with E-state index in [0.29, 0.717) is 35.5 Å². The molecule has 1 aromatic heterocycles. The molecule has 1 saturated heterocycles. The second-order valence-corrected chi connectivity index (χ2v) is 7.06. The van der Waals surface area contributed by atoms with E-state index >= 15 is 0 Å². The summed E-state index contributed by atoms with van der Waals surface area (Å²) in [6, 6.07) is 9.44. The topological polar surface area (TPSA) is 90.5 Å². The smallest absolute Gasteiger partial charge is 0.308 e. The molecule has 1 fully saturated rings. The van der Waals surface area contributed by atoms with E-state index < -0.39 is 11.9 Å². The standard InChI is InChI=1S/C21H24N2O4/c1-4-15-18(13(3)24)12(2)22-19(15)20(25)23-10-16(17(11-23)21(26)27)14-8-6-5-7-9-14/h5-9,16-17,22H,4,10-11H2,1-3H3,(H,26,27). The van der Waals surface area contributed by atoms with Crippen LogP contribution in [0.25, 0.3) is 0 Å². The average Bonchev–Trinajstić information content (AvgIpc) is 3.23. The van der Waals surface area contributed by atoms with Gasteiger partial charge in [0.2, 0.25) is 0 Å². The normalized spacial score (nSPS) is 19.3. The van der Waals surface area contributed by atoms with Gasteiger partial charge in [-0.15, -0.1) is 0 Å². The molecule has 27 heavy (non-hydrogen) atoms. The van der Waals surface area contributed by atoms with Gasteiger partial charge in [0.25, 0.3) is 5.91 Å². The van der Waals surface area contributed by atoms with E-state index in [4.69, 9.17) is 0 Å². The van der Waals surface area contributed by atoms with Gasteiger partial charge in [0.15, 0.2) is 5.78 Å². The Labute approximate surface area is 158 Å². The second kappa shape index (κ2) is 7.39. The van der Waals surface area contributed by atoms with Gasteiger partial charge in [-0.2, -0.15) is 0 Å². The molecule has 6 nitrogen and oxygen atoms in total. The lowest BCUT2D eigenvalue weighted by molar-refractivity contribution is -0.141. The van der Waals surface area contributed by atoms with Gasteiger partial charge < -0.3 is 15.0 Å². The average molecular weight is 368 g/mol. The summed E-state index contributed by atoms with van der Waals surface area (Å²) < 4.78 is 0. The fraction of sp³-hybridized carbons (Fsp3) is 0.381. The summed E-state index contributed by atoms with van der Waals surface area (Å²) in [5, 5.41) is 9.65. The van der Waals surface area contributed by atoms with Crippen molar-refractivity contribution < 1.29 is 19.5 Å². The summed E-state index contributed by atoms with van der Waals surface area (Å²) in [5.41, 5.74) is 3.27. The first-order chi connectivity index (χ1) is 12.8. The fourth-order valence-corrected chi connectivity index (χ4v) is 4.11. The Morgan fingerprint density at radius 3 is 2.41 bits per heavy atom. The zero-order valence-corrected chi connectivity index (χ0v) is 15.8.